The number of phenols is 1. The third kappa shape index (κ3) is 4.93. The van der Waals surface area contributed by atoms with E-state index in [4.69, 9.17) is 16.3 Å². The van der Waals surface area contributed by atoms with E-state index in [0.717, 1.165) is 23.4 Å². The second-order valence-electron chi connectivity index (χ2n) is 5.45. The molecule has 1 amide bonds. The van der Waals surface area contributed by atoms with Gasteiger partial charge in [0.1, 0.15) is 5.75 Å². The van der Waals surface area contributed by atoms with Crippen molar-refractivity contribution in [2.75, 3.05) is 6.61 Å². The SMILES string of the molecule is Cc1ccc(OCC(=O)N/N=C/c2cc(Cl)cc([N+](=O)[O-])c2O)cc1C. The molecule has 0 saturated carbocycles. The van der Waals surface area contributed by atoms with Gasteiger partial charge in [0.15, 0.2) is 6.61 Å². The minimum Gasteiger partial charge on any atom is -0.502 e. The predicted octanol–water partition coefficient (Wildman–Crippen LogP) is 3.10. The van der Waals surface area contributed by atoms with Crippen molar-refractivity contribution in [3.05, 3.63) is 62.2 Å². The molecule has 2 rings (SSSR count). The average Bonchev–Trinajstić information content (AvgIpc) is 2.58. The number of hydrogen-bond acceptors (Lipinski definition) is 6. The number of ether oxygens (including phenoxy) is 1. The number of nitro groups is 1. The Bertz CT molecular complexity index is 883. The Balaban J connectivity index is 1.96. The van der Waals surface area contributed by atoms with Gasteiger partial charge in [0.05, 0.1) is 11.1 Å². The van der Waals surface area contributed by atoms with Gasteiger partial charge in [-0.2, -0.15) is 5.10 Å². The summed E-state index contributed by atoms with van der Waals surface area (Å²) in [4.78, 5) is 21.8. The topological polar surface area (TPSA) is 114 Å². The fraction of sp³-hybridized carbons (Fsp3) is 0.176. The summed E-state index contributed by atoms with van der Waals surface area (Å²) in [5.74, 6) is -0.574. The van der Waals surface area contributed by atoms with Crippen LogP contribution in [0.2, 0.25) is 5.02 Å². The Morgan fingerprint density at radius 3 is 2.73 bits per heavy atom. The number of aryl methyl sites for hydroxylation is 2. The fourth-order valence-electron chi connectivity index (χ4n) is 2.00. The van der Waals surface area contributed by atoms with Crippen molar-refractivity contribution >= 4 is 29.4 Å². The number of nitro benzene ring substituents is 1. The molecule has 0 aliphatic carbocycles. The summed E-state index contributed by atoms with van der Waals surface area (Å²) in [6.07, 6.45) is 1.06. The molecule has 0 aromatic heterocycles. The fourth-order valence-corrected chi connectivity index (χ4v) is 2.22. The summed E-state index contributed by atoms with van der Waals surface area (Å²) in [5, 5.41) is 24.3. The van der Waals surface area contributed by atoms with E-state index in [1.54, 1.807) is 6.07 Å². The average molecular weight is 378 g/mol. The second-order valence-corrected chi connectivity index (χ2v) is 5.88. The number of hydrogen-bond donors (Lipinski definition) is 2. The van der Waals surface area contributed by atoms with Gasteiger partial charge in [0.25, 0.3) is 5.91 Å². The smallest absolute Gasteiger partial charge is 0.312 e. The van der Waals surface area contributed by atoms with E-state index in [1.165, 1.54) is 6.07 Å². The van der Waals surface area contributed by atoms with Crippen LogP contribution in [0.15, 0.2) is 35.4 Å². The van der Waals surface area contributed by atoms with Crippen LogP contribution in [0.5, 0.6) is 11.5 Å². The lowest BCUT2D eigenvalue weighted by Crippen LogP contribution is -2.24. The lowest BCUT2D eigenvalue weighted by molar-refractivity contribution is -0.385. The number of halogens is 1. The molecule has 0 aliphatic rings. The monoisotopic (exact) mass is 377 g/mol. The summed E-state index contributed by atoms with van der Waals surface area (Å²) >= 11 is 5.76. The Kier molecular flexibility index (Phi) is 6.13. The first-order valence-corrected chi connectivity index (χ1v) is 7.84. The minimum atomic E-state index is -0.769. The number of rotatable bonds is 6. The third-order valence-corrected chi connectivity index (χ3v) is 3.74. The first-order valence-electron chi connectivity index (χ1n) is 7.47. The highest BCUT2D eigenvalue weighted by molar-refractivity contribution is 6.31. The van der Waals surface area contributed by atoms with E-state index in [0.29, 0.717) is 5.75 Å². The molecule has 136 valence electrons. The van der Waals surface area contributed by atoms with E-state index in [9.17, 15) is 20.0 Å². The molecule has 2 N–H and O–H groups in total. The Hall–Kier alpha value is -3.13. The number of hydrazone groups is 1. The highest BCUT2D eigenvalue weighted by Gasteiger charge is 2.17. The van der Waals surface area contributed by atoms with Crippen LogP contribution in [-0.4, -0.2) is 28.8 Å². The van der Waals surface area contributed by atoms with Crippen molar-refractivity contribution in [2.24, 2.45) is 5.10 Å². The minimum absolute atomic E-state index is 0.000391. The van der Waals surface area contributed by atoms with Crippen LogP contribution in [0.3, 0.4) is 0 Å². The van der Waals surface area contributed by atoms with Crippen molar-refractivity contribution < 1.29 is 19.6 Å². The zero-order chi connectivity index (χ0) is 19.3. The molecule has 0 unspecified atom stereocenters. The summed E-state index contributed by atoms with van der Waals surface area (Å²) in [7, 11) is 0. The molecule has 2 aromatic rings. The summed E-state index contributed by atoms with van der Waals surface area (Å²) in [6.45, 7) is 3.64. The molecule has 2 aromatic carbocycles. The molecule has 0 spiro atoms. The lowest BCUT2D eigenvalue weighted by atomic mass is 10.1. The van der Waals surface area contributed by atoms with E-state index >= 15 is 0 Å². The van der Waals surface area contributed by atoms with Crippen LogP contribution < -0.4 is 10.2 Å². The molecule has 0 bridgehead atoms. The number of benzene rings is 2. The Labute approximate surface area is 154 Å². The van der Waals surface area contributed by atoms with Gasteiger partial charge < -0.3 is 9.84 Å². The van der Waals surface area contributed by atoms with Gasteiger partial charge in [-0.15, -0.1) is 0 Å². The number of amides is 1. The number of aromatic hydroxyl groups is 1. The van der Waals surface area contributed by atoms with Gasteiger partial charge in [-0.05, 0) is 43.2 Å². The first-order chi connectivity index (χ1) is 12.3. The first kappa shape index (κ1) is 19.2. The van der Waals surface area contributed by atoms with E-state index in [1.807, 2.05) is 26.0 Å². The molecule has 8 nitrogen and oxygen atoms in total. The normalized spacial score (nSPS) is 10.7. The van der Waals surface area contributed by atoms with Gasteiger partial charge in [-0.25, -0.2) is 5.43 Å². The van der Waals surface area contributed by atoms with Gasteiger partial charge in [0, 0.05) is 16.7 Å². The van der Waals surface area contributed by atoms with Crippen LogP contribution in [-0.2, 0) is 4.79 Å². The molecule has 0 heterocycles. The van der Waals surface area contributed by atoms with E-state index < -0.39 is 22.3 Å². The molecule has 0 fully saturated rings. The quantitative estimate of drug-likeness (QED) is 0.456. The third-order valence-electron chi connectivity index (χ3n) is 3.52. The van der Waals surface area contributed by atoms with Crippen LogP contribution >= 0.6 is 11.6 Å². The zero-order valence-electron chi connectivity index (χ0n) is 14.0. The van der Waals surface area contributed by atoms with Gasteiger partial charge in [-0.3, -0.25) is 14.9 Å². The summed E-state index contributed by atoms with van der Waals surface area (Å²) < 4.78 is 5.35. The van der Waals surface area contributed by atoms with Crippen molar-refractivity contribution in [2.45, 2.75) is 13.8 Å². The molecular weight excluding hydrogens is 362 g/mol. The van der Waals surface area contributed by atoms with Crippen molar-refractivity contribution in [3.8, 4) is 11.5 Å². The lowest BCUT2D eigenvalue weighted by Gasteiger charge is -2.07. The second kappa shape index (κ2) is 8.30. The van der Waals surface area contributed by atoms with Crippen molar-refractivity contribution in [1.82, 2.24) is 5.43 Å². The summed E-state index contributed by atoms with van der Waals surface area (Å²) in [5.41, 5.74) is 3.80. The van der Waals surface area contributed by atoms with Gasteiger partial charge in [-0.1, -0.05) is 17.7 Å². The Morgan fingerprint density at radius 1 is 1.35 bits per heavy atom. The Morgan fingerprint density at radius 2 is 2.08 bits per heavy atom. The standard InChI is InChI=1S/C17H16ClN3O5/c1-10-3-4-14(5-11(10)2)26-9-16(22)20-19-8-12-6-13(18)7-15(17(12)23)21(24)25/h3-8,23H,9H2,1-2H3,(H,20,22)/b19-8+. The molecule has 0 radical (unpaired) electrons. The van der Waals surface area contributed by atoms with E-state index in [2.05, 4.69) is 10.5 Å². The van der Waals surface area contributed by atoms with Crippen LogP contribution in [0, 0.1) is 24.0 Å². The van der Waals surface area contributed by atoms with Gasteiger partial charge >= 0.3 is 5.69 Å². The van der Waals surface area contributed by atoms with Crippen LogP contribution in [0.1, 0.15) is 16.7 Å². The van der Waals surface area contributed by atoms with Crippen molar-refractivity contribution in [3.63, 3.8) is 0 Å². The number of phenolic OH excluding ortho intramolecular Hbond substituents is 1. The van der Waals surface area contributed by atoms with Gasteiger partial charge in [0.2, 0.25) is 5.75 Å². The number of nitrogens with zero attached hydrogens (tertiary/aromatic N) is 2. The molecule has 26 heavy (non-hydrogen) atoms. The van der Waals surface area contributed by atoms with Crippen LogP contribution in [0.4, 0.5) is 5.69 Å². The number of nitrogens with one attached hydrogen (secondary N) is 1. The summed E-state index contributed by atoms with van der Waals surface area (Å²) in [6, 6.07) is 7.75. The molecule has 0 saturated heterocycles. The molecule has 9 heteroatoms. The van der Waals surface area contributed by atoms with E-state index in [-0.39, 0.29) is 17.2 Å². The number of carbonyl (C=O) groups excluding carboxylic acids is 1. The zero-order valence-corrected chi connectivity index (χ0v) is 14.8. The highest BCUT2D eigenvalue weighted by atomic mass is 35.5. The van der Waals surface area contributed by atoms with Crippen LogP contribution in [0.25, 0.3) is 0 Å². The largest absolute Gasteiger partial charge is 0.502 e. The maximum absolute atomic E-state index is 11.7. The predicted molar refractivity (Wildman–Crippen MR) is 96.9 cm³/mol. The molecule has 0 atom stereocenters. The molecule has 0 aliphatic heterocycles. The maximum Gasteiger partial charge on any atom is 0.312 e. The molecular formula is C17H16ClN3O5. The number of carbonyl (C=O) groups is 1. The highest BCUT2D eigenvalue weighted by Crippen LogP contribution is 2.32. The van der Waals surface area contributed by atoms with Crippen molar-refractivity contribution in [1.29, 1.82) is 0 Å². The maximum atomic E-state index is 11.7.